The molecule has 1 atom stereocenters. The molecule has 2 nitrogen and oxygen atoms in total. The summed E-state index contributed by atoms with van der Waals surface area (Å²) in [5.41, 5.74) is 4.00. The molecule has 0 spiro atoms. The highest BCUT2D eigenvalue weighted by Gasteiger charge is 2.22. The van der Waals surface area contributed by atoms with E-state index in [0.717, 1.165) is 32.2 Å². The molecule has 19 heavy (non-hydrogen) atoms. The third-order valence-corrected chi connectivity index (χ3v) is 3.99. The number of carbonyl (C=O) groups is 1. The number of hydrogen-bond donors (Lipinski definition) is 0. The summed E-state index contributed by atoms with van der Waals surface area (Å²) in [6.07, 6.45) is 4.26. The lowest BCUT2D eigenvalue weighted by Gasteiger charge is -2.17. The molecular formula is C17H23NO. The van der Waals surface area contributed by atoms with Crippen LogP contribution in [0.25, 0.3) is 0 Å². The molecule has 102 valence electrons. The number of Topliss-reactive ketones (excluding diaryl/α,β-unsaturated/α-hetero) is 1. The molecular weight excluding hydrogens is 234 g/mol. The van der Waals surface area contributed by atoms with E-state index in [9.17, 15) is 4.79 Å². The second kappa shape index (κ2) is 6.65. The molecule has 0 heterocycles. The summed E-state index contributed by atoms with van der Waals surface area (Å²) in [5.74, 6) is 0.851. The maximum absolute atomic E-state index is 11.6. The summed E-state index contributed by atoms with van der Waals surface area (Å²) >= 11 is 0. The molecule has 0 N–H and O–H groups in total. The number of rotatable bonds is 3. The first-order valence-corrected chi connectivity index (χ1v) is 7.30. The molecule has 2 heteroatoms. The molecule has 0 amide bonds. The minimum atomic E-state index is 0.399. The molecule has 0 radical (unpaired) electrons. The van der Waals surface area contributed by atoms with Crippen molar-refractivity contribution in [3.63, 3.8) is 0 Å². The summed E-state index contributed by atoms with van der Waals surface area (Å²) < 4.78 is 0. The highest BCUT2D eigenvalue weighted by molar-refractivity contribution is 5.93. The lowest BCUT2D eigenvalue weighted by atomic mass is 9.89. The second-order valence-electron chi connectivity index (χ2n) is 5.37. The number of aliphatic imine (C=N–C) groups is 1. The average Bonchev–Trinajstić information content (AvgIpc) is 2.57. The topological polar surface area (TPSA) is 29.4 Å². The zero-order chi connectivity index (χ0) is 13.7. The zero-order valence-electron chi connectivity index (χ0n) is 12.0. The monoisotopic (exact) mass is 257 g/mol. The van der Waals surface area contributed by atoms with Crippen molar-refractivity contribution in [2.75, 3.05) is 6.54 Å². The fourth-order valence-electron chi connectivity index (χ4n) is 2.83. The van der Waals surface area contributed by atoms with E-state index in [1.807, 2.05) is 0 Å². The molecule has 1 fully saturated rings. The van der Waals surface area contributed by atoms with Crippen LogP contribution in [-0.2, 0) is 11.2 Å². The van der Waals surface area contributed by atoms with E-state index in [1.54, 1.807) is 0 Å². The van der Waals surface area contributed by atoms with Crippen LogP contribution in [-0.4, -0.2) is 18.0 Å². The maximum Gasteiger partial charge on any atom is 0.133 e. The van der Waals surface area contributed by atoms with Crippen LogP contribution in [0.4, 0.5) is 0 Å². The van der Waals surface area contributed by atoms with Gasteiger partial charge in [0.1, 0.15) is 5.78 Å². The molecule has 0 saturated heterocycles. The standard InChI is InChI=1S/C17H23NO/c1-3-18-17-11-10-16(19)9-8-15(17)12-14-7-5-4-6-13(14)2/h4-7,15H,3,8-12H2,1-2H3. The largest absolute Gasteiger partial charge is 0.300 e. The SMILES string of the molecule is CCN=C1CCC(=O)CCC1Cc1ccccc1C. The van der Waals surface area contributed by atoms with Crippen molar-refractivity contribution in [2.45, 2.75) is 46.0 Å². The van der Waals surface area contributed by atoms with Gasteiger partial charge in [-0.3, -0.25) is 9.79 Å². The first-order valence-electron chi connectivity index (χ1n) is 7.30. The number of hydrogen-bond acceptors (Lipinski definition) is 2. The van der Waals surface area contributed by atoms with E-state index in [4.69, 9.17) is 0 Å². The number of carbonyl (C=O) groups excluding carboxylic acids is 1. The van der Waals surface area contributed by atoms with Crippen LogP contribution in [0.15, 0.2) is 29.3 Å². The predicted octanol–water partition coefficient (Wildman–Crippen LogP) is 3.76. The van der Waals surface area contributed by atoms with E-state index in [2.05, 4.69) is 43.1 Å². The number of ketones is 1. The number of benzene rings is 1. The smallest absolute Gasteiger partial charge is 0.133 e. The van der Waals surface area contributed by atoms with Crippen molar-refractivity contribution < 1.29 is 4.79 Å². The van der Waals surface area contributed by atoms with Crippen LogP contribution in [0.1, 0.15) is 43.7 Å². The van der Waals surface area contributed by atoms with Gasteiger partial charge < -0.3 is 0 Å². The Kier molecular flexibility index (Phi) is 4.89. The fraction of sp³-hybridized carbons (Fsp3) is 0.529. The van der Waals surface area contributed by atoms with Gasteiger partial charge in [-0.1, -0.05) is 24.3 Å². The van der Waals surface area contributed by atoms with Crippen LogP contribution in [0.3, 0.4) is 0 Å². The van der Waals surface area contributed by atoms with Crippen molar-refractivity contribution >= 4 is 11.5 Å². The predicted molar refractivity (Wildman–Crippen MR) is 79.8 cm³/mol. The zero-order valence-corrected chi connectivity index (χ0v) is 12.0. The highest BCUT2D eigenvalue weighted by atomic mass is 16.1. The first-order chi connectivity index (χ1) is 9.20. The molecule has 2 rings (SSSR count). The summed E-state index contributed by atoms with van der Waals surface area (Å²) in [6, 6.07) is 8.54. The van der Waals surface area contributed by atoms with Crippen LogP contribution in [0, 0.1) is 12.8 Å². The van der Waals surface area contributed by atoms with Crippen molar-refractivity contribution in [3.05, 3.63) is 35.4 Å². The first kappa shape index (κ1) is 14.0. The Morgan fingerprint density at radius 1 is 1.21 bits per heavy atom. The Morgan fingerprint density at radius 2 is 2.00 bits per heavy atom. The lowest BCUT2D eigenvalue weighted by Crippen LogP contribution is -2.16. The van der Waals surface area contributed by atoms with Gasteiger partial charge >= 0.3 is 0 Å². The fourth-order valence-corrected chi connectivity index (χ4v) is 2.83. The third kappa shape index (κ3) is 3.76. The van der Waals surface area contributed by atoms with Crippen LogP contribution >= 0.6 is 0 Å². The Balaban J connectivity index is 2.17. The average molecular weight is 257 g/mol. The van der Waals surface area contributed by atoms with Gasteiger partial charge in [0.25, 0.3) is 0 Å². The maximum atomic E-state index is 11.6. The van der Waals surface area contributed by atoms with Crippen molar-refractivity contribution in [1.29, 1.82) is 0 Å². The minimum absolute atomic E-state index is 0.399. The van der Waals surface area contributed by atoms with E-state index in [1.165, 1.54) is 16.8 Å². The van der Waals surface area contributed by atoms with E-state index >= 15 is 0 Å². The molecule has 0 aromatic heterocycles. The van der Waals surface area contributed by atoms with Gasteiger partial charge in [-0.25, -0.2) is 0 Å². The molecule has 1 aromatic carbocycles. The van der Waals surface area contributed by atoms with Gasteiger partial charge in [0, 0.05) is 31.0 Å². The van der Waals surface area contributed by atoms with Crippen molar-refractivity contribution in [3.8, 4) is 0 Å². The third-order valence-electron chi connectivity index (χ3n) is 3.99. The van der Waals surface area contributed by atoms with Gasteiger partial charge in [0.2, 0.25) is 0 Å². The van der Waals surface area contributed by atoms with Crippen molar-refractivity contribution in [1.82, 2.24) is 0 Å². The van der Waals surface area contributed by atoms with E-state index in [-0.39, 0.29) is 0 Å². The summed E-state index contributed by atoms with van der Waals surface area (Å²) in [4.78, 5) is 16.3. The van der Waals surface area contributed by atoms with Crippen LogP contribution < -0.4 is 0 Å². The van der Waals surface area contributed by atoms with Crippen molar-refractivity contribution in [2.24, 2.45) is 10.9 Å². The van der Waals surface area contributed by atoms with Crippen LogP contribution in [0.2, 0.25) is 0 Å². The number of nitrogens with zero attached hydrogens (tertiary/aromatic N) is 1. The Labute approximate surface area is 115 Å². The van der Waals surface area contributed by atoms with Gasteiger partial charge in [0.05, 0.1) is 0 Å². The summed E-state index contributed by atoms with van der Waals surface area (Å²) in [6.45, 7) is 5.06. The quantitative estimate of drug-likeness (QED) is 0.758. The molecule has 1 saturated carbocycles. The Hall–Kier alpha value is -1.44. The van der Waals surface area contributed by atoms with Gasteiger partial charge in [-0.05, 0) is 44.2 Å². The molecule has 1 aliphatic carbocycles. The Morgan fingerprint density at radius 3 is 2.74 bits per heavy atom. The highest BCUT2D eigenvalue weighted by Crippen LogP contribution is 2.24. The lowest BCUT2D eigenvalue weighted by molar-refractivity contribution is -0.118. The van der Waals surface area contributed by atoms with Gasteiger partial charge in [-0.2, -0.15) is 0 Å². The molecule has 1 unspecified atom stereocenters. The Bertz CT molecular complexity index is 476. The van der Waals surface area contributed by atoms with Gasteiger partial charge in [0.15, 0.2) is 0 Å². The minimum Gasteiger partial charge on any atom is -0.300 e. The normalized spacial score (nSPS) is 22.5. The molecule has 1 aliphatic rings. The molecule has 1 aromatic rings. The molecule has 0 aliphatic heterocycles. The van der Waals surface area contributed by atoms with E-state index in [0.29, 0.717) is 18.1 Å². The second-order valence-corrected chi connectivity index (χ2v) is 5.37. The van der Waals surface area contributed by atoms with E-state index < -0.39 is 0 Å². The summed E-state index contributed by atoms with van der Waals surface area (Å²) in [7, 11) is 0. The van der Waals surface area contributed by atoms with Gasteiger partial charge in [-0.15, -0.1) is 0 Å². The molecule has 0 bridgehead atoms. The van der Waals surface area contributed by atoms with Crippen LogP contribution in [0.5, 0.6) is 0 Å². The number of aryl methyl sites for hydroxylation is 1. The summed E-state index contributed by atoms with van der Waals surface area (Å²) in [5, 5.41) is 0.